The maximum Gasteiger partial charge on any atom is 0.337 e. The second kappa shape index (κ2) is 8.23. The number of fused-ring (bicyclic) bond motifs is 7. The number of rotatable bonds is 2. The van der Waals surface area contributed by atoms with Crippen LogP contribution >= 0.6 is 0 Å². The van der Waals surface area contributed by atoms with Gasteiger partial charge in [-0.05, 0) is 42.9 Å². The molecular formula is C29H28N4O4. The number of aryl methyl sites for hydroxylation is 2. The van der Waals surface area contributed by atoms with Crippen LogP contribution in [0.4, 0.5) is 0 Å². The van der Waals surface area contributed by atoms with Crippen LogP contribution in [0.2, 0.25) is 0 Å². The number of para-hydroxylation sites is 1. The Labute approximate surface area is 211 Å². The van der Waals surface area contributed by atoms with Gasteiger partial charge in [-0.1, -0.05) is 43.5 Å². The number of H-pyrrole nitrogens is 2. The number of nitrogens with zero attached hydrogens (tertiary/aromatic N) is 2. The SMILES string of the molecule is COC(=O)c1ccc2c(C3CCCCC3)c3n(c2c1)CCCn1c2c-3cccc2c2c(=O)[nH][nH]c(=O)c21. The second-order valence-corrected chi connectivity index (χ2v) is 10.3. The van der Waals surface area contributed by atoms with Gasteiger partial charge in [0.1, 0.15) is 5.52 Å². The van der Waals surface area contributed by atoms with E-state index in [0.717, 1.165) is 53.5 Å². The second-order valence-electron chi connectivity index (χ2n) is 10.3. The molecule has 0 radical (unpaired) electrons. The van der Waals surface area contributed by atoms with Crippen LogP contribution in [-0.4, -0.2) is 32.4 Å². The molecule has 1 saturated carbocycles. The van der Waals surface area contributed by atoms with Gasteiger partial charge in [0.25, 0.3) is 11.1 Å². The highest BCUT2D eigenvalue weighted by atomic mass is 16.5. The van der Waals surface area contributed by atoms with Crippen molar-refractivity contribution in [2.45, 2.75) is 57.5 Å². The van der Waals surface area contributed by atoms with E-state index >= 15 is 0 Å². The fraction of sp³-hybridized carbons (Fsp3) is 0.345. The monoisotopic (exact) mass is 496 g/mol. The van der Waals surface area contributed by atoms with Crippen molar-refractivity contribution in [2.24, 2.45) is 0 Å². The van der Waals surface area contributed by atoms with E-state index < -0.39 is 0 Å². The standard InChI is InChI=1S/C29H28N4O4/c1-37-29(36)17-11-12-18-21(15-17)32-13-6-14-33-24-19(23-26(33)28(35)31-30-27(23)34)9-5-10-20(24)25(32)22(18)16-7-3-2-4-8-16/h5,9-12,15-16H,2-4,6-8,13-14H2,1H3,(H,30,34)(H,31,35). The Morgan fingerprint density at radius 1 is 0.892 bits per heavy atom. The summed E-state index contributed by atoms with van der Waals surface area (Å²) in [7, 11) is 1.41. The van der Waals surface area contributed by atoms with Gasteiger partial charge in [-0.25, -0.2) is 4.79 Å². The van der Waals surface area contributed by atoms with Crippen LogP contribution in [0.1, 0.15) is 60.4 Å². The number of aromatic amines is 2. The summed E-state index contributed by atoms with van der Waals surface area (Å²) >= 11 is 0. The molecule has 3 aromatic heterocycles. The van der Waals surface area contributed by atoms with E-state index in [2.05, 4.69) is 26.9 Å². The number of hydrogen-bond donors (Lipinski definition) is 2. The van der Waals surface area contributed by atoms with E-state index in [1.807, 2.05) is 28.8 Å². The van der Waals surface area contributed by atoms with E-state index in [9.17, 15) is 14.4 Å². The number of aromatic nitrogens is 4. The zero-order valence-electron chi connectivity index (χ0n) is 20.7. The highest BCUT2D eigenvalue weighted by Crippen LogP contribution is 2.47. The Kier molecular flexibility index (Phi) is 4.93. The molecule has 2 aliphatic rings. The molecule has 0 unspecified atom stereocenters. The normalized spacial score (nSPS) is 16.1. The van der Waals surface area contributed by atoms with Crippen LogP contribution in [-0.2, 0) is 17.8 Å². The number of benzene rings is 2. The molecule has 8 nitrogen and oxygen atoms in total. The molecule has 1 aliphatic carbocycles. The van der Waals surface area contributed by atoms with Gasteiger partial charge in [0.05, 0.1) is 29.3 Å². The van der Waals surface area contributed by atoms with Gasteiger partial charge in [-0.3, -0.25) is 19.8 Å². The zero-order chi connectivity index (χ0) is 25.3. The molecule has 0 spiro atoms. The Hall–Kier alpha value is -4.07. The van der Waals surface area contributed by atoms with Crippen molar-refractivity contribution in [1.82, 2.24) is 19.3 Å². The minimum absolute atomic E-state index is 0.284. The van der Waals surface area contributed by atoms with Gasteiger partial charge < -0.3 is 13.9 Å². The van der Waals surface area contributed by atoms with Crippen LogP contribution in [0.15, 0.2) is 46.0 Å². The third kappa shape index (κ3) is 3.11. The molecule has 188 valence electrons. The zero-order valence-corrected chi connectivity index (χ0v) is 20.7. The highest BCUT2D eigenvalue weighted by Gasteiger charge is 2.30. The molecular weight excluding hydrogens is 468 g/mol. The van der Waals surface area contributed by atoms with Crippen molar-refractivity contribution >= 4 is 38.7 Å². The average molecular weight is 497 g/mol. The van der Waals surface area contributed by atoms with Crippen molar-refractivity contribution in [2.75, 3.05) is 7.11 Å². The predicted molar refractivity (Wildman–Crippen MR) is 143 cm³/mol. The van der Waals surface area contributed by atoms with E-state index in [1.165, 1.54) is 37.3 Å². The first-order valence-corrected chi connectivity index (χ1v) is 13.1. The smallest absolute Gasteiger partial charge is 0.337 e. The van der Waals surface area contributed by atoms with Crippen LogP contribution in [0.5, 0.6) is 0 Å². The number of esters is 1. The van der Waals surface area contributed by atoms with E-state index in [0.29, 0.717) is 28.9 Å². The Morgan fingerprint density at radius 2 is 1.68 bits per heavy atom. The molecule has 7 rings (SSSR count). The summed E-state index contributed by atoms with van der Waals surface area (Å²) in [5.41, 5.74) is 5.86. The summed E-state index contributed by atoms with van der Waals surface area (Å²) in [6.07, 6.45) is 6.69. The molecule has 8 heteroatoms. The third-order valence-electron chi connectivity index (χ3n) is 8.37. The lowest BCUT2D eigenvalue weighted by Crippen LogP contribution is -2.21. The van der Waals surface area contributed by atoms with Gasteiger partial charge in [0, 0.05) is 34.9 Å². The third-order valence-corrected chi connectivity index (χ3v) is 8.37. The first-order valence-electron chi connectivity index (χ1n) is 13.1. The van der Waals surface area contributed by atoms with Gasteiger partial charge in [0.15, 0.2) is 0 Å². The molecule has 0 amide bonds. The Bertz CT molecular complexity index is 1850. The molecule has 0 atom stereocenters. The quantitative estimate of drug-likeness (QED) is 0.335. The lowest BCUT2D eigenvalue weighted by Gasteiger charge is -2.25. The van der Waals surface area contributed by atoms with E-state index in [4.69, 9.17) is 4.74 Å². The molecule has 2 N–H and O–H groups in total. The van der Waals surface area contributed by atoms with Gasteiger partial charge >= 0.3 is 5.97 Å². The van der Waals surface area contributed by atoms with Gasteiger partial charge in [-0.2, -0.15) is 0 Å². The van der Waals surface area contributed by atoms with Crippen LogP contribution in [0.25, 0.3) is 44.0 Å². The van der Waals surface area contributed by atoms with Crippen LogP contribution < -0.4 is 11.1 Å². The van der Waals surface area contributed by atoms with Crippen molar-refractivity contribution in [3.8, 4) is 11.3 Å². The average Bonchev–Trinajstić information content (AvgIpc) is 3.43. The Morgan fingerprint density at radius 3 is 2.49 bits per heavy atom. The summed E-state index contributed by atoms with van der Waals surface area (Å²) in [4.78, 5) is 38.3. The predicted octanol–water partition coefficient (Wildman–Crippen LogP) is 5.03. The number of hydrogen-bond acceptors (Lipinski definition) is 4. The summed E-state index contributed by atoms with van der Waals surface area (Å²) in [6, 6.07) is 11.9. The number of nitrogens with one attached hydrogen (secondary N) is 2. The molecule has 4 heterocycles. The topological polar surface area (TPSA) is 102 Å². The fourth-order valence-corrected chi connectivity index (χ4v) is 6.86. The lowest BCUT2D eigenvalue weighted by molar-refractivity contribution is 0.0601. The van der Waals surface area contributed by atoms with Crippen LogP contribution in [0, 0.1) is 0 Å². The summed E-state index contributed by atoms with van der Waals surface area (Å²) < 4.78 is 9.43. The van der Waals surface area contributed by atoms with Crippen molar-refractivity contribution in [1.29, 1.82) is 0 Å². The number of carbonyl (C=O) groups is 1. The Balaban J connectivity index is 1.64. The van der Waals surface area contributed by atoms with Crippen LogP contribution in [0.3, 0.4) is 0 Å². The molecule has 37 heavy (non-hydrogen) atoms. The first-order chi connectivity index (χ1) is 18.1. The van der Waals surface area contributed by atoms with E-state index in [-0.39, 0.29) is 17.1 Å². The largest absolute Gasteiger partial charge is 0.465 e. The summed E-state index contributed by atoms with van der Waals surface area (Å²) in [6.45, 7) is 1.35. The molecule has 1 aliphatic heterocycles. The molecule has 5 aromatic rings. The number of methoxy groups -OCH3 is 1. The minimum atomic E-state index is -0.344. The lowest BCUT2D eigenvalue weighted by atomic mass is 9.81. The minimum Gasteiger partial charge on any atom is -0.465 e. The molecule has 0 saturated heterocycles. The van der Waals surface area contributed by atoms with Gasteiger partial charge in [-0.15, -0.1) is 0 Å². The maximum absolute atomic E-state index is 12.9. The van der Waals surface area contributed by atoms with Gasteiger partial charge in [0.2, 0.25) is 0 Å². The van der Waals surface area contributed by atoms with Crippen molar-refractivity contribution in [3.05, 3.63) is 68.2 Å². The number of carbonyl (C=O) groups excluding carboxylic acids is 1. The summed E-state index contributed by atoms with van der Waals surface area (Å²) in [5, 5.41) is 7.44. The summed E-state index contributed by atoms with van der Waals surface area (Å²) in [5.74, 6) is 0.0685. The molecule has 2 aromatic carbocycles. The van der Waals surface area contributed by atoms with Crippen molar-refractivity contribution in [3.63, 3.8) is 0 Å². The maximum atomic E-state index is 12.9. The fourth-order valence-electron chi connectivity index (χ4n) is 6.86. The molecule has 0 bridgehead atoms. The highest BCUT2D eigenvalue weighted by molar-refractivity contribution is 6.13. The van der Waals surface area contributed by atoms with E-state index in [1.54, 1.807) is 0 Å². The number of ether oxygens (including phenoxy) is 1. The first kappa shape index (κ1) is 22.2. The van der Waals surface area contributed by atoms with Crippen molar-refractivity contribution < 1.29 is 9.53 Å². The molecule has 1 fully saturated rings.